The number of nitrogens with zero attached hydrogens (tertiary/aromatic N) is 1. The molecule has 2 saturated carbocycles. The number of hydrogen-bond acceptors (Lipinski definition) is 4. The number of aliphatic carboxylic acids is 1. The average molecular weight is 563 g/mol. The maximum atomic E-state index is 15.2. The second kappa shape index (κ2) is 11.5. The van der Waals surface area contributed by atoms with Crippen LogP contribution in [0.3, 0.4) is 0 Å². The fourth-order valence-corrected chi connectivity index (χ4v) is 6.65. The molecule has 0 aromatic heterocycles. The second-order valence-corrected chi connectivity index (χ2v) is 12.0. The maximum absolute atomic E-state index is 15.2. The summed E-state index contributed by atoms with van der Waals surface area (Å²) >= 11 is 12.4. The molecule has 2 aromatic rings. The smallest absolute Gasteiger partial charge is 0.307 e. The molecular formula is C30H34Cl2FNO4. The number of ether oxygens (including phenoxy) is 1. The van der Waals surface area contributed by atoms with Crippen LogP contribution >= 0.6 is 23.2 Å². The number of carbonyl (C=O) groups excluding carboxylic acids is 1. The third-order valence-electron chi connectivity index (χ3n) is 8.59. The number of hydrogen-bond donors (Lipinski definition) is 1. The summed E-state index contributed by atoms with van der Waals surface area (Å²) in [5.74, 6) is -2.22. The van der Waals surface area contributed by atoms with Crippen LogP contribution in [0.2, 0.25) is 10.0 Å². The highest BCUT2D eigenvalue weighted by molar-refractivity contribution is 6.34. The summed E-state index contributed by atoms with van der Waals surface area (Å²) in [4.78, 5) is 27.2. The quantitative estimate of drug-likeness (QED) is 0.320. The molecule has 1 N–H and O–H groups in total. The van der Waals surface area contributed by atoms with Crippen molar-refractivity contribution in [2.45, 2.75) is 63.8 Å². The molecule has 38 heavy (non-hydrogen) atoms. The number of benzene rings is 2. The summed E-state index contributed by atoms with van der Waals surface area (Å²) in [5, 5.41) is 10.8. The van der Waals surface area contributed by atoms with Crippen molar-refractivity contribution >= 4 is 35.0 Å². The van der Waals surface area contributed by atoms with Gasteiger partial charge in [-0.15, -0.1) is 0 Å². The Morgan fingerprint density at radius 2 is 1.66 bits per heavy atom. The topological polar surface area (TPSA) is 66.8 Å². The molecule has 1 aliphatic heterocycles. The largest absolute Gasteiger partial charge is 0.493 e. The van der Waals surface area contributed by atoms with Crippen LogP contribution in [-0.2, 0) is 4.79 Å². The molecule has 3 atom stereocenters. The van der Waals surface area contributed by atoms with Gasteiger partial charge in [0.15, 0.2) is 5.78 Å². The molecule has 2 aliphatic carbocycles. The van der Waals surface area contributed by atoms with Crippen LogP contribution in [0.15, 0.2) is 30.3 Å². The number of piperidine rings is 1. The number of ketones is 1. The van der Waals surface area contributed by atoms with Crippen LogP contribution in [0.4, 0.5) is 4.39 Å². The lowest BCUT2D eigenvalue weighted by molar-refractivity contribution is -0.142. The van der Waals surface area contributed by atoms with Gasteiger partial charge in [-0.2, -0.15) is 0 Å². The minimum Gasteiger partial charge on any atom is -0.493 e. The number of rotatable bonds is 9. The fourth-order valence-electron chi connectivity index (χ4n) is 6.11. The lowest BCUT2D eigenvalue weighted by Gasteiger charge is -2.36. The third kappa shape index (κ3) is 6.03. The van der Waals surface area contributed by atoms with Gasteiger partial charge in [0, 0.05) is 28.1 Å². The minimum absolute atomic E-state index is 0.0146. The molecule has 8 heteroatoms. The lowest BCUT2D eigenvalue weighted by Crippen LogP contribution is -2.37. The molecule has 3 fully saturated rings. The van der Waals surface area contributed by atoms with Crippen molar-refractivity contribution in [3.05, 3.63) is 62.9 Å². The summed E-state index contributed by atoms with van der Waals surface area (Å²) < 4.78 is 21.4. The van der Waals surface area contributed by atoms with Crippen molar-refractivity contribution in [3.63, 3.8) is 0 Å². The van der Waals surface area contributed by atoms with Crippen LogP contribution in [0, 0.1) is 23.6 Å². The Bertz CT molecular complexity index is 1190. The van der Waals surface area contributed by atoms with Gasteiger partial charge in [-0.3, -0.25) is 14.5 Å². The van der Waals surface area contributed by atoms with Gasteiger partial charge in [0.25, 0.3) is 0 Å². The highest BCUT2D eigenvalue weighted by Crippen LogP contribution is 2.46. The van der Waals surface area contributed by atoms with Gasteiger partial charge in [-0.1, -0.05) is 29.6 Å². The van der Waals surface area contributed by atoms with E-state index >= 15 is 4.39 Å². The Kier molecular flexibility index (Phi) is 8.32. The summed E-state index contributed by atoms with van der Waals surface area (Å²) in [6.07, 6.45) is 5.54. The molecule has 204 valence electrons. The Labute approximate surface area is 233 Å². The summed E-state index contributed by atoms with van der Waals surface area (Å²) in [6, 6.07) is 8.86. The molecule has 0 amide bonds. The van der Waals surface area contributed by atoms with Crippen molar-refractivity contribution in [2.75, 3.05) is 19.7 Å². The summed E-state index contributed by atoms with van der Waals surface area (Å²) in [7, 11) is 0. The second-order valence-electron chi connectivity index (χ2n) is 11.2. The molecule has 3 aliphatic rings. The molecular weight excluding hydrogens is 528 g/mol. The highest BCUT2D eigenvalue weighted by atomic mass is 35.5. The fraction of sp³-hybridized carbons (Fsp3) is 0.533. The van der Waals surface area contributed by atoms with E-state index in [1.165, 1.54) is 6.07 Å². The Hall–Kier alpha value is -2.15. The molecule has 2 aromatic carbocycles. The van der Waals surface area contributed by atoms with E-state index in [0.29, 0.717) is 47.6 Å². The van der Waals surface area contributed by atoms with E-state index in [2.05, 4.69) is 11.8 Å². The zero-order valence-electron chi connectivity index (χ0n) is 21.6. The van der Waals surface area contributed by atoms with Gasteiger partial charge in [-0.05, 0) is 106 Å². The van der Waals surface area contributed by atoms with E-state index in [4.69, 9.17) is 27.9 Å². The standard InChI is InChI=1S/C30H34Cl2FNO4/c1-17(20-11-21(31)13-22(32)12-20)34-9-7-18(8-10-34)16-38-28-15-27(33)26(14-25(28)19-5-6-19)29(35)23-3-2-4-24(23)30(36)37/h11-15,17-19,23-24H,2-10,16H2,1H3,(H,36,37)/t17-,23+,24+/m0/s1. The van der Waals surface area contributed by atoms with E-state index in [1.807, 2.05) is 12.1 Å². The van der Waals surface area contributed by atoms with Gasteiger partial charge in [0.1, 0.15) is 11.6 Å². The third-order valence-corrected chi connectivity index (χ3v) is 9.03. The first-order valence-electron chi connectivity index (χ1n) is 13.6. The van der Waals surface area contributed by atoms with Crippen molar-refractivity contribution in [2.24, 2.45) is 17.8 Å². The van der Waals surface area contributed by atoms with E-state index in [1.54, 1.807) is 12.1 Å². The number of carboxylic acids is 1. The van der Waals surface area contributed by atoms with Crippen LogP contribution < -0.4 is 4.74 Å². The highest BCUT2D eigenvalue weighted by Gasteiger charge is 2.40. The Morgan fingerprint density at radius 1 is 1.00 bits per heavy atom. The van der Waals surface area contributed by atoms with Crippen molar-refractivity contribution in [3.8, 4) is 5.75 Å². The van der Waals surface area contributed by atoms with Crippen LogP contribution in [0.5, 0.6) is 5.75 Å². The van der Waals surface area contributed by atoms with Crippen LogP contribution in [-0.4, -0.2) is 41.5 Å². The summed E-state index contributed by atoms with van der Waals surface area (Å²) in [6.45, 7) is 4.50. The first-order chi connectivity index (χ1) is 18.2. The number of halogens is 3. The predicted octanol–water partition coefficient (Wildman–Crippen LogP) is 7.55. The van der Waals surface area contributed by atoms with Gasteiger partial charge >= 0.3 is 5.97 Å². The lowest BCUT2D eigenvalue weighted by atomic mass is 9.87. The minimum atomic E-state index is -0.972. The van der Waals surface area contributed by atoms with E-state index in [9.17, 15) is 14.7 Å². The maximum Gasteiger partial charge on any atom is 0.307 e. The van der Waals surface area contributed by atoms with Gasteiger partial charge in [0.2, 0.25) is 0 Å². The zero-order valence-corrected chi connectivity index (χ0v) is 23.1. The first-order valence-corrected chi connectivity index (χ1v) is 14.4. The monoisotopic (exact) mass is 561 g/mol. The zero-order chi connectivity index (χ0) is 27.0. The molecule has 1 heterocycles. The molecule has 1 saturated heterocycles. The van der Waals surface area contributed by atoms with E-state index in [-0.39, 0.29) is 23.3 Å². The number of likely N-dealkylation sites (tertiary alicyclic amines) is 1. The normalized spacial score (nSPS) is 23.4. The Balaban J connectivity index is 1.22. The molecule has 0 bridgehead atoms. The van der Waals surface area contributed by atoms with Gasteiger partial charge in [-0.25, -0.2) is 4.39 Å². The molecule has 5 nitrogen and oxygen atoms in total. The molecule has 5 rings (SSSR count). The number of carboxylic acid groups (broad SMARTS) is 1. The predicted molar refractivity (Wildman–Crippen MR) is 146 cm³/mol. The molecule has 0 unspecified atom stereocenters. The average Bonchev–Trinajstić information content (AvgIpc) is 3.61. The van der Waals surface area contributed by atoms with Crippen molar-refractivity contribution < 1.29 is 23.8 Å². The molecule has 0 spiro atoms. The Morgan fingerprint density at radius 3 is 2.29 bits per heavy atom. The van der Waals surface area contributed by atoms with Crippen molar-refractivity contribution in [1.29, 1.82) is 0 Å². The number of Topliss-reactive ketones (excluding diaryl/α,β-unsaturated/α-hetero) is 1. The van der Waals surface area contributed by atoms with Crippen molar-refractivity contribution in [1.82, 2.24) is 4.90 Å². The van der Waals surface area contributed by atoms with E-state index in [0.717, 1.165) is 49.9 Å². The summed E-state index contributed by atoms with van der Waals surface area (Å²) in [5.41, 5.74) is 1.99. The van der Waals surface area contributed by atoms with Crippen LogP contribution in [0.25, 0.3) is 0 Å². The van der Waals surface area contributed by atoms with Crippen LogP contribution in [0.1, 0.15) is 85.3 Å². The van der Waals surface area contributed by atoms with Gasteiger partial charge in [0.05, 0.1) is 18.1 Å². The first kappa shape index (κ1) is 27.4. The van der Waals surface area contributed by atoms with E-state index < -0.39 is 23.6 Å². The van der Waals surface area contributed by atoms with Gasteiger partial charge < -0.3 is 9.84 Å². The molecule has 0 radical (unpaired) electrons. The SMILES string of the molecule is C[C@@H](c1cc(Cl)cc(Cl)c1)N1CCC(COc2cc(F)c(C(=O)[C@@H]3CCC[C@H]3C(=O)O)cc2C2CC2)CC1. The number of carbonyl (C=O) groups is 2.